The lowest BCUT2D eigenvalue weighted by molar-refractivity contribution is -0.140. The second kappa shape index (κ2) is 7.28. The standard InChI is InChI=1S/C18H32N4O2/c19-22-12-16-10-20(11-17(16)13-22)9-14-1-5-21(6-2-14)18(23)15-3-7-24-8-4-15/h14-17H,1-13,19H2/t16-,17+. The summed E-state index contributed by atoms with van der Waals surface area (Å²) in [4.78, 5) is 17.4. The van der Waals surface area contributed by atoms with Crippen LogP contribution in [0.15, 0.2) is 0 Å². The number of piperidine rings is 1. The van der Waals surface area contributed by atoms with E-state index in [4.69, 9.17) is 10.6 Å². The maximum Gasteiger partial charge on any atom is 0.225 e. The highest BCUT2D eigenvalue weighted by atomic mass is 16.5. The van der Waals surface area contributed by atoms with Crippen molar-refractivity contribution in [2.75, 3.05) is 59.0 Å². The van der Waals surface area contributed by atoms with Crippen LogP contribution in [0.1, 0.15) is 25.7 Å². The Morgan fingerprint density at radius 2 is 1.58 bits per heavy atom. The van der Waals surface area contributed by atoms with Gasteiger partial charge in [-0.05, 0) is 43.4 Å². The lowest BCUT2D eigenvalue weighted by Crippen LogP contribution is -2.45. The third kappa shape index (κ3) is 3.62. The number of hydrogen-bond donors (Lipinski definition) is 1. The molecule has 4 saturated heterocycles. The van der Waals surface area contributed by atoms with Gasteiger partial charge in [0.15, 0.2) is 0 Å². The van der Waals surface area contributed by atoms with E-state index in [0.717, 1.165) is 70.0 Å². The van der Waals surface area contributed by atoms with Crippen LogP contribution in [-0.4, -0.2) is 79.7 Å². The molecule has 4 aliphatic heterocycles. The molecule has 136 valence electrons. The third-order valence-corrected chi connectivity index (χ3v) is 6.60. The van der Waals surface area contributed by atoms with E-state index in [0.29, 0.717) is 5.91 Å². The van der Waals surface area contributed by atoms with Crippen LogP contribution in [0.3, 0.4) is 0 Å². The van der Waals surface area contributed by atoms with Crippen molar-refractivity contribution in [1.82, 2.24) is 14.8 Å². The minimum absolute atomic E-state index is 0.215. The van der Waals surface area contributed by atoms with Gasteiger partial charge in [-0.25, -0.2) is 5.01 Å². The van der Waals surface area contributed by atoms with Crippen molar-refractivity contribution in [2.45, 2.75) is 25.7 Å². The molecule has 0 bridgehead atoms. The number of hydrogen-bond acceptors (Lipinski definition) is 5. The van der Waals surface area contributed by atoms with E-state index in [1.54, 1.807) is 0 Å². The van der Waals surface area contributed by atoms with Crippen molar-refractivity contribution in [2.24, 2.45) is 29.5 Å². The zero-order valence-corrected chi connectivity index (χ0v) is 14.7. The number of rotatable bonds is 3. The zero-order valence-electron chi connectivity index (χ0n) is 14.7. The highest BCUT2D eigenvalue weighted by Crippen LogP contribution is 2.31. The topological polar surface area (TPSA) is 62.0 Å². The first-order chi connectivity index (χ1) is 11.7. The van der Waals surface area contributed by atoms with E-state index in [2.05, 4.69) is 9.80 Å². The molecule has 6 heteroatoms. The molecule has 0 unspecified atom stereocenters. The lowest BCUT2D eigenvalue weighted by atomic mass is 9.93. The molecule has 0 aromatic rings. The summed E-state index contributed by atoms with van der Waals surface area (Å²) in [6.07, 6.45) is 4.16. The van der Waals surface area contributed by atoms with Crippen molar-refractivity contribution < 1.29 is 9.53 Å². The van der Waals surface area contributed by atoms with Crippen LogP contribution in [-0.2, 0) is 9.53 Å². The van der Waals surface area contributed by atoms with Crippen molar-refractivity contribution in [1.29, 1.82) is 0 Å². The molecular formula is C18H32N4O2. The van der Waals surface area contributed by atoms with Crippen LogP contribution in [0.25, 0.3) is 0 Å². The number of nitrogens with zero attached hydrogens (tertiary/aromatic N) is 3. The first-order valence-electron chi connectivity index (χ1n) is 9.77. The Balaban J connectivity index is 1.20. The summed E-state index contributed by atoms with van der Waals surface area (Å²) in [5.41, 5.74) is 0. The Bertz CT molecular complexity index is 432. The van der Waals surface area contributed by atoms with Crippen LogP contribution in [0, 0.1) is 23.7 Å². The van der Waals surface area contributed by atoms with Crippen LogP contribution >= 0.6 is 0 Å². The van der Waals surface area contributed by atoms with Crippen molar-refractivity contribution in [3.05, 3.63) is 0 Å². The second-order valence-corrected chi connectivity index (χ2v) is 8.35. The number of nitrogens with two attached hydrogens (primary N) is 1. The van der Waals surface area contributed by atoms with Gasteiger partial charge in [-0.15, -0.1) is 0 Å². The number of fused-ring (bicyclic) bond motifs is 1. The van der Waals surface area contributed by atoms with E-state index < -0.39 is 0 Å². The van der Waals surface area contributed by atoms with Gasteiger partial charge in [-0.1, -0.05) is 0 Å². The lowest BCUT2D eigenvalue weighted by Gasteiger charge is -2.36. The van der Waals surface area contributed by atoms with Gasteiger partial charge in [0.25, 0.3) is 0 Å². The fourth-order valence-electron chi connectivity index (χ4n) is 5.18. The van der Waals surface area contributed by atoms with Gasteiger partial charge in [0.2, 0.25) is 5.91 Å². The number of amides is 1. The summed E-state index contributed by atoms with van der Waals surface area (Å²) in [5, 5.41) is 1.99. The molecule has 4 aliphatic rings. The van der Waals surface area contributed by atoms with Gasteiger partial charge in [-0.3, -0.25) is 10.6 Å². The molecule has 24 heavy (non-hydrogen) atoms. The van der Waals surface area contributed by atoms with E-state index in [1.165, 1.54) is 32.5 Å². The number of hydrazine groups is 1. The van der Waals surface area contributed by atoms with Crippen LogP contribution in [0.2, 0.25) is 0 Å². The molecule has 0 aliphatic carbocycles. The summed E-state index contributed by atoms with van der Waals surface area (Å²) in [7, 11) is 0. The van der Waals surface area contributed by atoms with E-state index in [9.17, 15) is 4.79 Å². The molecule has 4 fully saturated rings. The SMILES string of the molecule is NN1C[C@@H]2CN(CC3CCN(C(=O)C4CCOCC4)CC3)C[C@@H]2C1. The normalized spacial score (nSPS) is 34.0. The maximum atomic E-state index is 12.6. The van der Waals surface area contributed by atoms with Gasteiger partial charge >= 0.3 is 0 Å². The average molecular weight is 336 g/mol. The molecule has 0 aromatic carbocycles. The number of ether oxygens (including phenoxy) is 1. The second-order valence-electron chi connectivity index (χ2n) is 8.35. The highest BCUT2D eigenvalue weighted by Gasteiger charge is 2.39. The van der Waals surface area contributed by atoms with Gasteiger partial charge in [0, 0.05) is 64.9 Å². The van der Waals surface area contributed by atoms with Gasteiger partial charge < -0.3 is 14.5 Å². The maximum absolute atomic E-state index is 12.6. The van der Waals surface area contributed by atoms with Crippen LogP contribution in [0.4, 0.5) is 0 Å². The van der Waals surface area contributed by atoms with Crippen molar-refractivity contribution in [3.8, 4) is 0 Å². The Kier molecular flexibility index (Phi) is 5.08. The zero-order chi connectivity index (χ0) is 16.5. The smallest absolute Gasteiger partial charge is 0.225 e. The van der Waals surface area contributed by atoms with Gasteiger partial charge in [0.05, 0.1) is 0 Å². The quantitative estimate of drug-likeness (QED) is 0.756. The Hall–Kier alpha value is -0.690. The fraction of sp³-hybridized carbons (Fsp3) is 0.944. The fourth-order valence-corrected chi connectivity index (χ4v) is 5.18. The molecule has 0 radical (unpaired) electrons. The third-order valence-electron chi connectivity index (χ3n) is 6.60. The molecular weight excluding hydrogens is 304 g/mol. The van der Waals surface area contributed by atoms with Crippen molar-refractivity contribution >= 4 is 5.91 Å². The largest absolute Gasteiger partial charge is 0.381 e. The molecule has 0 saturated carbocycles. The number of likely N-dealkylation sites (tertiary alicyclic amines) is 2. The Morgan fingerprint density at radius 3 is 2.21 bits per heavy atom. The molecule has 4 heterocycles. The average Bonchev–Trinajstić information content (AvgIpc) is 3.12. The minimum atomic E-state index is 0.215. The molecule has 2 atom stereocenters. The molecule has 1 amide bonds. The van der Waals surface area contributed by atoms with Crippen molar-refractivity contribution in [3.63, 3.8) is 0 Å². The summed E-state index contributed by atoms with van der Waals surface area (Å²) >= 11 is 0. The Labute approximate surface area is 145 Å². The molecule has 6 nitrogen and oxygen atoms in total. The first kappa shape index (κ1) is 16.8. The van der Waals surface area contributed by atoms with Gasteiger partial charge in [-0.2, -0.15) is 0 Å². The minimum Gasteiger partial charge on any atom is -0.381 e. The summed E-state index contributed by atoms with van der Waals surface area (Å²) in [6.45, 7) is 9.22. The molecule has 4 rings (SSSR count). The van der Waals surface area contributed by atoms with E-state index >= 15 is 0 Å². The predicted molar refractivity (Wildman–Crippen MR) is 92.0 cm³/mol. The number of carbonyl (C=O) groups excluding carboxylic acids is 1. The monoisotopic (exact) mass is 336 g/mol. The summed E-state index contributed by atoms with van der Waals surface area (Å²) in [6, 6.07) is 0. The predicted octanol–water partition coefficient (Wildman–Crippen LogP) is 0.389. The molecule has 0 aromatic heterocycles. The summed E-state index contributed by atoms with van der Waals surface area (Å²) in [5.74, 6) is 8.86. The summed E-state index contributed by atoms with van der Waals surface area (Å²) < 4.78 is 5.38. The Morgan fingerprint density at radius 1 is 0.958 bits per heavy atom. The first-order valence-corrected chi connectivity index (χ1v) is 9.77. The van der Waals surface area contributed by atoms with Gasteiger partial charge in [0.1, 0.15) is 0 Å². The van der Waals surface area contributed by atoms with E-state index in [1.807, 2.05) is 5.01 Å². The highest BCUT2D eigenvalue weighted by molar-refractivity contribution is 5.79. The molecule has 2 N–H and O–H groups in total. The van der Waals surface area contributed by atoms with E-state index in [-0.39, 0.29) is 5.92 Å². The van der Waals surface area contributed by atoms with Crippen LogP contribution < -0.4 is 5.84 Å². The molecule has 0 spiro atoms. The van der Waals surface area contributed by atoms with Crippen LogP contribution in [0.5, 0.6) is 0 Å². The number of carbonyl (C=O) groups is 1.